The van der Waals surface area contributed by atoms with Gasteiger partial charge in [-0.2, -0.15) is 10.5 Å². The molecule has 17 nitrogen and oxygen atoms in total. The molecular formula is C44H52ClN9O8S. The highest BCUT2D eigenvalue weighted by molar-refractivity contribution is 7.98. The Labute approximate surface area is 375 Å². The summed E-state index contributed by atoms with van der Waals surface area (Å²) in [6.45, 7) is 7.11. The van der Waals surface area contributed by atoms with E-state index >= 15 is 0 Å². The molecule has 0 spiro atoms. The zero-order valence-electron chi connectivity index (χ0n) is 35.5. The number of carbonyl (C=O) groups is 4. The smallest absolute Gasteiger partial charge is 0.308 e. The maximum Gasteiger partial charge on any atom is 0.308 e. The minimum atomic E-state index is -1.07. The Balaban J connectivity index is 1.43. The van der Waals surface area contributed by atoms with Gasteiger partial charge in [-0.1, -0.05) is 63.2 Å². The number of rotatable bonds is 23. The number of benzene rings is 2. The molecular weight excluding hydrogens is 850 g/mol. The number of nitriles is 2. The SMILES string of the molecule is CC(C)C[C@H](N)C(=O)NCCC(=O)OCC(COc1ccc(-c2c(C#N)c(N)nc(SCc3coc(-c4ccc(Cl)cc4)n3)c2C#N)cc1)OC(=O)CCNC(=O)[C@@H](N)CC(C)C. The largest absolute Gasteiger partial charge is 0.490 e. The molecule has 0 saturated carbocycles. The van der Waals surface area contributed by atoms with Crippen LogP contribution in [-0.2, 0) is 34.4 Å². The lowest BCUT2D eigenvalue weighted by Crippen LogP contribution is -2.42. The maximum atomic E-state index is 12.9. The van der Waals surface area contributed by atoms with Gasteiger partial charge in [0.15, 0.2) is 6.10 Å². The Bertz CT molecular complexity index is 2270. The zero-order chi connectivity index (χ0) is 46.1. The molecule has 2 heterocycles. The number of amides is 2. The summed E-state index contributed by atoms with van der Waals surface area (Å²) in [5.74, 6) is -0.781. The van der Waals surface area contributed by atoms with E-state index in [2.05, 4.69) is 32.7 Å². The minimum absolute atomic E-state index is 0.00663. The zero-order valence-corrected chi connectivity index (χ0v) is 37.1. The van der Waals surface area contributed by atoms with Crippen molar-refractivity contribution in [2.24, 2.45) is 23.3 Å². The lowest BCUT2D eigenvalue weighted by atomic mass is 9.97. The Morgan fingerprint density at radius 2 is 1.38 bits per heavy atom. The van der Waals surface area contributed by atoms with Gasteiger partial charge in [0, 0.05) is 35.0 Å². The number of nitrogens with zero attached hydrogens (tertiary/aromatic N) is 4. The number of anilines is 1. The number of carbonyl (C=O) groups excluding carboxylic acids is 4. The lowest BCUT2D eigenvalue weighted by molar-refractivity contribution is -0.160. The molecule has 2 aromatic carbocycles. The average Bonchev–Trinajstić information content (AvgIpc) is 3.72. The van der Waals surface area contributed by atoms with Crippen LogP contribution in [-0.4, -0.2) is 78.2 Å². The molecule has 2 aromatic heterocycles. The van der Waals surface area contributed by atoms with Gasteiger partial charge in [-0.3, -0.25) is 19.2 Å². The first-order valence-electron chi connectivity index (χ1n) is 20.2. The van der Waals surface area contributed by atoms with E-state index in [1.807, 2.05) is 27.7 Å². The summed E-state index contributed by atoms with van der Waals surface area (Å²) in [5, 5.41) is 26.5. The van der Waals surface area contributed by atoms with Crippen LogP contribution in [0.4, 0.5) is 5.82 Å². The first kappa shape index (κ1) is 49.5. The van der Waals surface area contributed by atoms with Crippen molar-refractivity contribution in [3.63, 3.8) is 0 Å². The second-order valence-electron chi connectivity index (χ2n) is 15.3. The van der Waals surface area contributed by atoms with E-state index in [0.29, 0.717) is 40.8 Å². The minimum Gasteiger partial charge on any atom is -0.490 e. The van der Waals surface area contributed by atoms with E-state index < -0.39 is 36.0 Å². The summed E-state index contributed by atoms with van der Waals surface area (Å²) in [7, 11) is 0. The van der Waals surface area contributed by atoms with Gasteiger partial charge in [-0.05, 0) is 66.6 Å². The first-order chi connectivity index (χ1) is 30.1. The number of nitrogens with two attached hydrogens (primary N) is 3. The molecule has 1 unspecified atom stereocenters. The number of nitrogens with one attached hydrogen (secondary N) is 2. The Kier molecular flexibility index (Phi) is 19.2. The fourth-order valence-corrected chi connectivity index (χ4v) is 7.02. The average molecular weight is 902 g/mol. The van der Waals surface area contributed by atoms with Crippen LogP contribution in [0.1, 0.15) is 70.2 Å². The molecule has 334 valence electrons. The number of halogens is 1. The molecule has 0 bridgehead atoms. The number of pyridine rings is 1. The molecule has 8 N–H and O–H groups in total. The van der Waals surface area contributed by atoms with Gasteiger partial charge in [0.05, 0.1) is 36.2 Å². The second kappa shape index (κ2) is 24.5. The van der Waals surface area contributed by atoms with E-state index in [-0.39, 0.29) is 90.2 Å². The topological polar surface area (TPSA) is 285 Å². The molecule has 4 rings (SSSR count). The third kappa shape index (κ3) is 15.6. The number of hydrogen-bond donors (Lipinski definition) is 5. The summed E-state index contributed by atoms with van der Waals surface area (Å²) in [6, 6.07) is 16.3. The summed E-state index contributed by atoms with van der Waals surface area (Å²) in [5.41, 5.74) is 20.3. The van der Waals surface area contributed by atoms with Gasteiger partial charge < -0.3 is 46.5 Å². The standard InChI is InChI=1S/C44H52ClN9O8S/c1-25(2)17-35(48)41(57)51-15-13-37(55)60-23-32(62-38(56)14-16-52-42(58)36(49)18-26(3)4)22-59-31-11-7-27(8-12-31)39-33(19-46)40(50)54-44(34(39)20-47)63-24-30-21-61-43(53-30)28-5-9-29(45)10-6-28/h5-12,21,25-26,32,35-36H,13-18,22-24,48-49H2,1-4H3,(H2,50,54)(H,51,57)(H,52,58)/t32?,35-,36-/m0/s1. The van der Waals surface area contributed by atoms with Crippen molar-refractivity contribution in [2.45, 2.75) is 82.3 Å². The first-order valence-corrected chi connectivity index (χ1v) is 21.6. The van der Waals surface area contributed by atoms with Gasteiger partial charge in [-0.15, -0.1) is 0 Å². The number of nitrogen functional groups attached to an aromatic ring is 1. The van der Waals surface area contributed by atoms with Gasteiger partial charge in [0.2, 0.25) is 17.7 Å². The van der Waals surface area contributed by atoms with Crippen molar-refractivity contribution in [1.82, 2.24) is 20.6 Å². The quantitative estimate of drug-likeness (QED) is 0.0468. The van der Waals surface area contributed by atoms with Crippen molar-refractivity contribution in [3.05, 3.63) is 76.6 Å². The highest BCUT2D eigenvalue weighted by Gasteiger charge is 2.23. The molecule has 63 heavy (non-hydrogen) atoms. The molecule has 19 heteroatoms. The van der Waals surface area contributed by atoms with Crippen molar-refractivity contribution in [1.29, 1.82) is 10.5 Å². The third-order valence-corrected chi connectivity index (χ3v) is 10.4. The van der Waals surface area contributed by atoms with Crippen LogP contribution in [0.25, 0.3) is 22.6 Å². The van der Waals surface area contributed by atoms with E-state index in [9.17, 15) is 29.7 Å². The number of thioether (sulfide) groups is 1. The number of ether oxygens (including phenoxy) is 3. The molecule has 3 atom stereocenters. The summed E-state index contributed by atoms with van der Waals surface area (Å²) in [4.78, 5) is 59.0. The Morgan fingerprint density at radius 1 is 0.810 bits per heavy atom. The fraction of sp³-hybridized carbons (Fsp3) is 0.409. The van der Waals surface area contributed by atoms with Crippen LogP contribution in [0.2, 0.25) is 5.02 Å². The molecule has 0 aliphatic carbocycles. The summed E-state index contributed by atoms with van der Waals surface area (Å²) in [6.07, 6.45) is 1.04. The third-order valence-electron chi connectivity index (χ3n) is 9.10. The van der Waals surface area contributed by atoms with Crippen LogP contribution < -0.4 is 32.6 Å². The summed E-state index contributed by atoms with van der Waals surface area (Å²) < 4.78 is 22.5. The molecule has 4 aromatic rings. The molecule has 0 aliphatic heterocycles. The predicted octanol–water partition coefficient (Wildman–Crippen LogP) is 5.27. The maximum absolute atomic E-state index is 12.9. The van der Waals surface area contributed by atoms with Gasteiger partial charge in [-0.25, -0.2) is 9.97 Å². The number of aromatic nitrogens is 2. The monoisotopic (exact) mass is 901 g/mol. The summed E-state index contributed by atoms with van der Waals surface area (Å²) >= 11 is 7.20. The van der Waals surface area contributed by atoms with Crippen LogP contribution in [0, 0.1) is 34.5 Å². The van der Waals surface area contributed by atoms with Crippen molar-refractivity contribution in [2.75, 3.05) is 32.0 Å². The predicted molar refractivity (Wildman–Crippen MR) is 236 cm³/mol. The van der Waals surface area contributed by atoms with Crippen molar-refractivity contribution in [3.8, 4) is 40.5 Å². The van der Waals surface area contributed by atoms with Crippen LogP contribution in [0.3, 0.4) is 0 Å². The molecule has 0 aliphatic rings. The Hall–Kier alpha value is -6.18. The molecule has 0 radical (unpaired) electrons. The molecule has 0 saturated heterocycles. The number of oxazole rings is 1. The van der Waals surface area contributed by atoms with Gasteiger partial charge in [0.1, 0.15) is 53.8 Å². The fourth-order valence-electron chi connectivity index (χ4n) is 6.03. The van der Waals surface area contributed by atoms with E-state index in [1.165, 1.54) is 18.0 Å². The van der Waals surface area contributed by atoms with Gasteiger partial charge >= 0.3 is 11.9 Å². The Morgan fingerprint density at radius 3 is 1.95 bits per heavy atom. The molecule has 0 fully saturated rings. The van der Waals surface area contributed by atoms with Crippen molar-refractivity contribution < 1.29 is 37.8 Å². The number of esters is 2. The second-order valence-corrected chi connectivity index (χ2v) is 16.7. The van der Waals surface area contributed by atoms with Crippen LogP contribution in [0.15, 0.2) is 64.2 Å². The van der Waals surface area contributed by atoms with Gasteiger partial charge in [0.25, 0.3) is 0 Å². The van der Waals surface area contributed by atoms with Crippen LogP contribution in [0.5, 0.6) is 5.75 Å². The van der Waals surface area contributed by atoms with E-state index in [1.54, 1.807) is 48.5 Å². The number of hydrogen-bond acceptors (Lipinski definition) is 16. The van der Waals surface area contributed by atoms with Crippen molar-refractivity contribution >= 4 is 52.9 Å². The normalized spacial score (nSPS) is 12.4. The van der Waals surface area contributed by atoms with E-state index in [0.717, 1.165) is 5.56 Å². The highest BCUT2D eigenvalue weighted by atomic mass is 35.5. The highest BCUT2D eigenvalue weighted by Crippen LogP contribution is 2.37. The van der Waals surface area contributed by atoms with Crippen LogP contribution >= 0.6 is 23.4 Å². The lowest BCUT2D eigenvalue weighted by Gasteiger charge is -2.19. The van der Waals surface area contributed by atoms with E-state index in [4.69, 9.17) is 47.4 Å². The molecule has 2 amide bonds.